The highest BCUT2D eigenvalue weighted by atomic mass is 19.4. The van der Waals surface area contributed by atoms with E-state index in [1.54, 1.807) is 0 Å². The molecule has 3 nitrogen and oxygen atoms in total. The summed E-state index contributed by atoms with van der Waals surface area (Å²) in [5.41, 5.74) is 5.80. The molecule has 0 saturated heterocycles. The van der Waals surface area contributed by atoms with Crippen molar-refractivity contribution in [3.05, 3.63) is 29.8 Å². The highest BCUT2D eigenvalue weighted by molar-refractivity contribution is 5.96. The summed E-state index contributed by atoms with van der Waals surface area (Å²) in [5, 5.41) is 0. The molecule has 0 radical (unpaired) electrons. The van der Waals surface area contributed by atoms with Crippen molar-refractivity contribution < 1.29 is 22.7 Å². The lowest BCUT2D eigenvalue weighted by molar-refractivity contribution is -0.274. The van der Waals surface area contributed by atoms with Crippen LogP contribution in [0.1, 0.15) is 37.6 Å². The lowest BCUT2D eigenvalue weighted by atomic mass is 9.83. The number of nitrogens with two attached hydrogens (primary N) is 1. The van der Waals surface area contributed by atoms with E-state index in [-0.39, 0.29) is 29.2 Å². The van der Waals surface area contributed by atoms with Gasteiger partial charge in [-0.2, -0.15) is 0 Å². The van der Waals surface area contributed by atoms with Crippen molar-refractivity contribution in [1.82, 2.24) is 0 Å². The van der Waals surface area contributed by atoms with Gasteiger partial charge in [-0.3, -0.25) is 4.79 Å². The van der Waals surface area contributed by atoms with E-state index in [4.69, 9.17) is 5.73 Å². The van der Waals surface area contributed by atoms with Crippen molar-refractivity contribution in [3.63, 3.8) is 0 Å². The Morgan fingerprint density at radius 3 is 2.40 bits per heavy atom. The highest BCUT2D eigenvalue weighted by Gasteiger charge is 2.31. The summed E-state index contributed by atoms with van der Waals surface area (Å²) < 4.78 is 40.1. The Hall–Kier alpha value is -1.56. The van der Waals surface area contributed by atoms with Gasteiger partial charge in [-0.25, -0.2) is 0 Å². The molecule has 0 spiro atoms. The molecule has 0 fully saturated rings. The molecular formula is C14H18F3NO2. The molecule has 0 saturated carbocycles. The zero-order chi connectivity index (χ0) is 15.6. The number of rotatable bonds is 4. The first kappa shape index (κ1) is 16.5. The van der Waals surface area contributed by atoms with Crippen LogP contribution in [0.15, 0.2) is 24.3 Å². The van der Waals surface area contributed by atoms with Gasteiger partial charge in [-0.05, 0) is 17.5 Å². The van der Waals surface area contributed by atoms with E-state index in [9.17, 15) is 18.0 Å². The van der Waals surface area contributed by atoms with E-state index < -0.39 is 12.1 Å². The summed E-state index contributed by atoms with van der Waals surface area (Å²) in [6.45, 7) is 5.69. The van der Waals surface area contributed by atoms with E-state index in [1.165, 1.54) is 12.1 Å². The predicted octanol–water partition coefficient (Wildman–Crippen LogP) is 3.53. The van der Waals surface area contributed by atoms with Gasteiger partial charge in [0.2, 0.25) is 0 Å². The van der Waals surface area contributed by atoms with E-state index >= 15 is 0 Å². The molecule has 6 heteroatoms. The van der Waals surface area contributed by atoms with Crippen molar-refractivity contribution >= 4 is 5.78 Å². The van der Waals surface area contributed by atoms with Gasteiger partial charge in [-0.1, -0.05) is 32.9 Å². The molecule has 1 unspecified atom stereocenters. The number of carbonyl (C=O) groups excluding carboxylic acids is 1. The molecule has 0 aromatic heterocycles. The van der Waals surface area contributed by atoms with Crippen molar-refractivity contribution in [2.45, 2.75) is 39.6 Å². The monoisotopic (exact) mass is 289 g/mol. The number of halogens is 3. The average Bonchev–Trinajstić information content (AvgIpc) is 2.25. The summed E-state index contributed by atoms with van der Waals surface area (Å²) in [6.07, 6.45) is -4.71. The Kier molecular flexibility index (Phi) is 4.81. The number of Topliss-reactive ketones (excluding diaryl/α,β-unsaturated/α-hetero) is 1. The second kappa shape index (κ2) is 5.83. The summed E-state index contributed by atoms with van der Waals surface area (Å²) in [5.74, 6) is -0.715. The molecule has 1 aromatic rings. The molecule has 2 N–H and O–H groups in total. The van der Waals surface area contributed by atoms with E-state index in [0.29, 0.717) is 0 Å². The molecule has 0 heterocycles. The van der Waals surface area contributed by atoms with Gasteiger partial charge in [0, 0.05) is 18.0 Å². The first-order valence-corrected chi connectivity index (χ1v) is 6.13. The fourth-order valence-corrected chi connectivity index (χ4v) is 1.49. The molecular weight excluding hydrogens is 271 g/mol. The minimum Gasteiger partial charge on any atom is -0.406 e. The van der Waals surface area contributed by atoms with Crippen LogP contribution in [0.4, 0.5) is 13.2 Å². The summed E-state index contributed by atoms with van der Waals surface area (Å²) in [4.78, 5) is 12.0. The smallest absolute Gasteiger partial charge is 0.406 e. The SMILES string of the molecule is CC(C)(C)C(N)CC(=O)c1cccc(OC(F)(F)F)c1. The Morgan fingerprint density at radius 2 is 1.90 bits per heavy atom. The van der Waals surface area contributed by atoms with Crippen LogP contribution >= 0.6 is 0 Å². The molecule has 112 valence electrons. The number of alkyl halides is 3. The molecule has 1 aromatic carbocycles. The van der Waals surface area contributed by atoms with Crippen molar-refractivity contribution in [3.8, 4) is 5.75 Å². The van der Waals surface area contributed by atoms with Gasteiger partial charge in [0.15, 0.2) is 5.78 Å². The highest BCUT2D eigenvalue weighted by Crippen LogP contribution is 2.25. The summed E-state index contributed by atoms with van der Waals surface area (Å²) >= 11 is 0. The first-order chi connectivity index (χ1) is 8.99. The van der Waals surface area contributed by atoms with Crippen LogP contribution in [-0.2, 0) is 0 Å². The van der Waals surface area contributed by atoms with E-state index in [1.807, 2.05) is 20.8 Å². The van der Waals surface area contributed by atoms with Crippen LogP contribution in [0.25, 0.3) is 0 Å². The third kappa shape index (κ3) is 5.21. The quantitative estimate of drug-likeness (QED) is 0.863. The number of ether oxygens (including phenoxy) is 1. The Morgan fingerprint density at radius 1 is 1.30 bits per heavy atom. The standard InChI is InChI=1S/C14H18F3NO2/c1-13(2,3)12(18)8-11(19)9-5-4-6-10(7-9)20-14(15,16)17/h4-7,12H,8,18H2,1-3H3. The van der Waals surface area contributed by atoms with Crippen LogP contribution < -0.4 is 10.5 Å². The Labute approximate surface area is 115 Å². The number of hydrogen-bond acceptors (Lipinski definition) is 3. The zero-order valence-corrected chi connectivity index (χ0v) is 11.6. The number of benzene rings is 1. The molecule has 0 amide bonds. The van der Waals surface area contributed by atoms with Crippen LogP contribution in [-0.4, -0.2) is 18.2 Å². The van der Waals surface area contributed by atoms with Crippen molar-refractivity contribution in [2.24, 2.45) is 11.1 Å². The van der Waals surface area contributed by atoms with Gasteiger partial charge in [-0.15, -0.1) is 13.2 Å². The maximum absolute atomic E-state index is 12.1. The average molecular weight is 289 g/mol. The van der Waals surface area contributed by atoms with Crippen molar-refractivity contribution in [2.75, 3.05) is 0 Å². The molecule has 1 rings (SSSR count). The first-order valence-electron chi connectivity index (χ1n) is 6.13. The fourth-order valence-electron chi connectivity index (χ4n) is 1.49. The predicted molar refractivity (Wildman–Crippen MR) is 69.5 cm³/mol. The molecule has 20 heavy (non-hydrogen) atoms. The van der Waals surface area contributed by atoms with E-state index in [2.05, 4.69) is 4.74 Å². The van der Waals surface area contributed by atoms with E-state index in [0.717, 1.165) is 12.1 Å². The Bertz CT molecular complexity index is 478. The van der Waals surface area contributed by atoms with Gasteiger partial charge < -0.3 is 10.5 Å². The van der Waals surface area contributed by atoms with Gasteiger partial charge >= 0.3 is 6.36 Å². The largest absolute Gasteiger partial charge is 0.573 e. The van der Waals surface area contributed by atoms with Crippen LogP contribution in [0.3, 0.4) is 0 Å². The molecule has 0 aliphatic rings. The lowest BCUT2D eigenvalue weighted by Crippen LogP contribution is -2.36. The molecule has 1 atom stereocenters. The fraction of sp³-hybridized carbons (Fsp3) is 0.500. The Balaban J connectivity index is 2.82. The second-order valence-electron chi connectivity index (χ2n) is 5.68. The normalized spacial score (nSPS) is 13.9. The van der Waals surface area contributed by atoms with Gasteiger partial charge in [0.05, 0.1) is 0 Å². The van der Waals surface area contributed by atoms with Gasteiger partial charge in [0.1, 0.15) is 5.75 Å². The minimum absolute atomic E-state index is 0.0684. The topological polar surface area (TPSA) is 52.3 Å². The third-order valence-corrected chi connectivity index (χ3v) is 2.91. The maximum atomic E-state index is 12.1. The number of hydrogen-bond donors (Lipinski definition) is 1. The summed E-state index contributed by atoms with van der Waals surface area (Å²) in [6, 6.07) is 4.64. The third-order valence-electron chi connectivity index (χ3n) is 2.91. The lowest BCUT2D eigenvalue weighted by Gasteiger charge is -2.26. The molecule has 0 bridgehead atoms. The second-order valence-corrected chi connectivity index (χ2v) is 5.68. The minimum atomic E-state index is -4.77. The van der Waals surface area contributed by atoms with Gasteiger partial charge in [0.25, 0.3) is 0 Å². The number of carbonyl (C=O) groups is 1. The molecule has 0 aliphatic carbocycles. The van der Waals surface area contributed by atoms with Crippen molar-refractivity contribution in [1.29, 1.82) is 0 Å². The van der Waals surface area contributed by atoms with Crippen LogP contribution in [0.5, 0.6) is 5.75 Å². The number of ketones is 1. The van der Waals surface area contributed by atoms with Crippen LogP contribution in [0.2, 0.25) is 0 Å². The maximum Gasteiger partial charge on any atom is 0.573 e. The summed E-state index contributed by atoms with van der Waals surface area (Å²) in [7, 11) is 0. The van der Waals surface area contributed by atoms with Crippen LogP contribution in [0, 0.1) is 5.41 Å². The molecule has 0 aliphatic heterocycles. The zero-order valence-electron chi connectivity index (χ0n) is 11.6.